The molecule has 22 heavy (non-hydrogen) atoms. The minimum absolute atomic E-state index is 0.0170. The Bertz CT molecular complexity index is 696. The molecule has 5 nitrogen and oxygen atoms in total. The average molecular weight is 298 g/mol. The number of carbonyl (C=O) groups excluding carboxylic acids is 2. The van der Waals surface area contributed by atoms with Gasteiger partial charge in [0.2, 0.25) is 0 Å². The maximum Gasteiger partial charge on any atom is 0.314 e. The van der Waals surface area contributed by atoms with Gasteiger partial charge in [0.05, 0.1) is 0 Å². The smallest absolute Gasteiger partial charge is 0.314 e. The molecule has 0 aliphatic heterocycles. The highest BCUT2D eigenvalue weighted by molar-refractivity contribution is 6.43. The third-order valence-corrected chi connectivity index (χ3v) is 3.14. The van der Waals surface area contributed by atoms with E-state index in [1.165, 1.54) is 12.1 Å². The fourth-order valence-corrected chi connectivity index (χ4v) is 2.06. The van der Waals surface area contributed by atoms with Crippen LogP contribution in [0.3, 0.4) is 0 Å². The molecule has 0 aliphatic rings. The van der Waals surface area contributed by atoms with Gasteiger partial charge in [0.1, 0.15) is 5.75 Å². The van der Waals surface area contributed by atoms with Crippen molar-refractivity contribution < 1.29 is 14.7 Å². The second-order valence-electron chi connectivity index (χ2n) is 5.20. The monoisotopic (exact) mass is 298 g/mol. The molecule has 0 aromatic heterocycles. The molecule has 0 radical (unpaired) electrons. The summed E-state index contributed by atoms with van der Waals surface area (Å²) in [6.07, 6.45) is 0. The van der Waals surface area contributed by atoms with Crippen LogP contribution >= 0.6 is 0 Å². The van der Waals surface area contributed by atoms with E-state index in [0.717, 1.165) is 5.56 Å². The first-order valence-electron chi connectivity index (χ1n) is 6.97. The van der Waals surface area contributed by atoms with Crippen LogP contribution in [0.5, 0.6) is 5.75 Å². The summed E-state index contributed by atoms with van der Waals surface area (Å²) in [5, 5.41) is 14.4. The second-order valence-corrected chi connectivity index (χ2v) is 5.20. The number of amides is 2. The maximum absolute atomic E-state index is 12.0. The van der Waals surface area contributed by atoms with Crippen LogP contribution in [0.25, 0.3) is 0 Å². The summed E-state index contributed by atoms with van der Waals surface area (Å²) in [6.45, 7) is 4.02. The van der Waals surface area contributed by atoms with Crippen LogP contribution in [0.15, 0.2) is 48.5 Å². The molecule has 0 fully saturated rings. The van der Waals surface area contributed by atoms with Crippen LogP contribution in [0.4, 0.5) is 11.4 Å². The molecule has 0 saturated carbocycles. The molecule has 0 unspecified atom stereocenters. The third-order valence-electron chi connectivity index (χ3n) is 3.14. The molecule has 0 bridgehead atoms. The number of nitrogens with one attached hydrogen (secondary N) is 2. The number of rotatable bonds is 3. The van der Waals surface area contributed by atoms with Gasteiger partial charge in [-0.25, -0.2) is 0 Å². The van der Waals surface area contributed by atoms with E-state index in [9.17, 15) is 14.7 Å². The summed E-state index contributed by atoms with van der Waals surface area (Å²) in [4.78, 5) is 23.9. The van der Waals surface area contributed by atoms with Crippen molar-refractivity contribution in [3.63, 3.8) is 0 Å². The van der Waals surface area contributed by atoms with Gasteiger partial charge in [0.15, 0.2) is 0 Å². The Hall–Kier alpha value is -2.82. The first-order chi connectivity index (χ1) is 10.5. The zero-order valence-electron chi connectivity index (χ0n) is 12.5. The maximum atomic E-state index is 12.0. The van der Waals surface area contributed by atoms with Gasteiger partial charge >= 0.3 is 11.8 Å². The molecule has 0 heterocycles. The lowest BCUT2D eigenvalue weighted by atomic mass is 10.0. The Kier molecular flexibility index (Phi) is 4.78. The van der Waals surface area contributed by atoms with Gasteiger partial charge in [-0.15, -0.1) is 0 Å². The molecule has 2 amide bonds. The van der Waals surface area contributed by atoms with Crippen molar-refractivity contribution in [1.29, 1.82) is 0 Å². The Morgan fingerprint density at radius 1 is 0.955 bits per heavy atom. The van der Waals surface area contributed by atoms with Crippen molar-refractivity contribution in [2.24, 2.45) is 0 Å². The van der Waals surface area contributed by atoms with E-state index in [4.69, 9.17) is 0 Å². The van der Waals surface area contributed by atoms with E-state index < -0.39 is 11.8 Å². The van der Waals surface area contributed by atoms with Crippen molar-refractivity contribution in [3.05, 3.63) is 54.1 Å². The fourth-order valence-electron chi connectivity index (χ4n) is 2.06. The van der Waals surface area contributed by atoms with E-state index in [1.807, 2.05) is 26.0 Å². The summed E-state index contributed by atoms with van der Waals surface area (Å²) in [6, 6.07) is 13.4. The van der Waals surface area contributed by atoms with Gasteiger partial charge in [0.25, 0.3) is 0 Å². The average Bonchev–Trinajstić information content (AvgIpc) is 2.47. The number of phenolic OH excluding ortho intramolecular Hbond substituents is 1. The van der Waals surface area contributed by atoms with Crippen LogP contribution in [0, 0.1) is 0 Å². The minimum atomic E-state index is -0.788. The number of phenols is 1. The van der Waals surface area contributed by atoms with Gasteiger partial charge in [0, 0.05) is 17.4 Å². The second kappa shape index (κ2) is 6.76. The normalized spacial score (nSPS) is 10.3. The highest BCUT2D eigenvalue weighted by Gasteiger charge is 2.16. The summed E-state index contributed by atoms with van der Waals surface area (Å²) >= 11 is 0. The quantitative estimate of drug-likeness (QED) is 0.762. The van der Waals surface area contributed by atoms with Gasteiger partial charge in [-0.05, 0) is 29.7 Å². The van der Waals surface area contributed by atoms with Gasteiger partial charge in [-0.1, -0.05) is 38.1 Å². The molecular weight excluding hydrogens is 280 g/mol. The molecule has 2 aromatic rings. The van der Waals surface area contributed by atoms with E-state index in [2.05, 4.69) is 10.6 Å². The molecule has 2 aromatic carbocycles. The topological polar surface area (TPSA) is 78.4 Å². The lowest BCUT2D eigenvalue weighted by Crippen LogP contribution is -2.29. The van der Waals surface area contributed by atoms with E-state index >= 15 is 0 Å². The van der Waals surface area contributed by atoms with Gasteiger partial charge in [-0.2, -0.15) is 0 Å². The molecule has 0 atom stereocenters. The van der Waals surface area contributed by atoms with Crippen LogP contribution in [-0.2, 0) is 9.59 Å². The number of aromatic hydroxyl groups is 1. The molecule has 5 heteroatoms. The fraction of sp³-hybridized carbons (Fsp3) is 0.176. The molecule has 0 aliphatic carbocycles. The molecule has 0 spiro atoms. The Morgan fingerprint density at radius 2 is 1.64 bits per heavy atom. The summed E-state index contributed by atoms with van der Waals surface area (Å²) < 4.78 is 0. The number of hydrogen-bond acceptors (Lipinski definition) is 3. The molecule has 2 rings (SSSR count). The molecule has 0 saturated heterocycles. The number of anilines is 2. The van der Waals surface area contributed by atoms with E-state index in [0.29, 0.717) is 11.4 Å². The van der Waals surface area contributed by atoms with E-state index in [-0.39, 0.29) is 11.7 Å². The van der Waals surface area contributed by atoms with Crippen molar-refractivity contribution in [2.75, 3.05) is 10.6 Å². The third kappa shape index (κ3) is 3.85. The van der Waals surface area contributed by atoms with Crippen molar-refractivity contribution in [1.82, 2.24) is 0 Å². The van der Waals surface area contributed by atoms with E-state index in [1.54, 1.807) is 24.3 Å². The summed E-state index contributed by atoms with van der Waals surface area (Å²) in [5.41, 5.74) is 1.94. The first-order valence-corrected chi connectivity index (χ1v) is 6.97. The van der Waals surface area contributed by atoms with Crippen LogP contribution < -0.4 is 10.6 Å². The first kappa shape index (κ1) is 15.6. The zero-order valence-corrected chi connectivity index (χ0v) is 12.5. The summed E-state index contributed by atoms with van der Waals surface area (Å²) in [7, 11) is 0. The Labute approximate surface area is 129 Å². The Balaban J connectivity index is 2.08. The SMILES string of the molecule is CC(C)c1ccccc1NC(=O)C(=O)Nc1cccc(O)c1. The lowest BCUT2D eigenvalue weighted by Gasteiger charge is -2.13. The number of hydrogen-bond donors (Lipinski definition) is 3. The van der Waals surface area contributed by atoms with Crippen LogP contribution in [0.2, 0.25) is 0 Å². The van der Waals surface area contributed by atoms with Crippen LogP contribution in [-0.4, -0.2) is 16.9 Å². The Morgan fingerprint density at radius 3 is 2.32 bits per heavy atom. The lowest BCUT2D eigenvalue weighted by molar-refractivity contribution is -0.133. The van der Waals surface area contributed by atoms with Crippen molar-refractivity contribution in [3.8, 4) is 5.75 Å². The largest absolute Gasteiger partial charge is 0.508 e. The van der Waals surface area contributed by atoms with Gasteiger partial charge < -0.3 is 15.7 Å². The summed E-state index contributed by atoms with van der Waals surface area (Å²) in [5.74, 6) is -1.30. The predicted molar refractivity (Wildman–Crippen MR) is 85.9 cm³/mol. The zero-order chi connectivity index (χ0) is 16.1. The molecule has 114 valence electrons. The molecular formula is C17H18N2O3. The van der Waals surface area contributed by atoms with Crippen LogP contribution in [0.1, 0.15) is 25.3 Å². The number of benzene rings is 2. The van der Waals surface area contributed by atoms with Crippen molar-refractivity contribution >= 4 is 23.2 Å². The van der Waals surface area contributed by atoms with Crippen molar-refractivity contribution in [2.45, 2.75) is 19.8 Å². The number of carbonyl (C=O) groups is 2. The minimum Gasteiger partial charge on any atom is -0.508 e. The van der Waals surface area contributed by atoms with Gasteiger partial charge in [-0.3, -0.25) is 9.59 Å². The highest BCUT2D eigenvalue weighted by Crippen LogP contribution is 2.23. The highest BCUT2D eigenvalue weighted by atomic mass is 16.3. The number of para-hydroxylation sites is 1. The molecule has 3 N–H and O–H groups in total. The standard InChI is InChI=1S/C17H18N2O3/c1-11(2)14-8-3-4-9-15(14)19-17(22)16(21)18-12-6-5-7-13(20)10-12/h3-11,20H,1-2H3,(H,18,21)(H,19,22). The predicted octanol–water partition coefficient (Wildman–Crippen LogP) is 3.09.